The van der Waals surface area contributed by atoms with Crippen molar-refractivity contribution in [2.45, 2.75) is 38.1 Å². The number of aliphatic imine (C=N–C) groups is 1. The fourth-order valence-corrected chi connectivity index (χ4v) is 3.41. The third-order valence-electron chi connectivity index (χ3n) is 4.61. The van der Waals surface area contributed by atoms with Gasteiger partial charge in [-0.25, -0.2) is 4.99 Å². The van der Waals surface area contributed by atoms with E-state index in [0.717, 1.165) is 17.3 Å². The lowest BCUT2D eigenvalue weighted by atomic mass is 9.95. The number of fused-ring (bicyclic) bond motifs is 1. The van der Waals surface area contributed by atoms with E-state index in [1.807, 2.05) is 24.6 Å². The van der Waals surface area contributed by atoms with E-state index in [1.54, 1.807) is 0 Å². The van der Waals surface area contributed by atoms with Crippen LogP contribution in [0.4, 0.5) is 0 Å². The minimum Gasteiger partial charge on any atom is -0.367 e. The number of allylic oxidation sites excluding steroid dienone is 1. The van der Waals surface area contributed by atoms with Crippen LogP contribution >= 0.6 is 0 Å². The monoisotopic (exact) mass is 306 g/mol. The standard InChI is InChI=1S/C19H22N4/c1-3-8-15(9-4-1)18-19(22-16-10-5-2-6-11-16)23-13-7-12-20-17(23)14-21-18/h1,3-4,7-9,12-14,16,21-22H,2,5-6,10-11H2. The summed E-state index contributed by atoms with van der Waals surface area (Å²) in [5, 5.41) is 7.22. The van der Waals surface area contributed by atoms with E-state index in [9.17, 15) is 0 Å². The van der Waals surface area contributed by atoms with Crippen LogP contribution in [0.5, 0.6) is 0 Å². The maximum absolute atomic E-state index is 4.46. The van der Waals surface area contributed by atoms with Gasteiger partial charge in [0.1, 0.15) is 5.82 Å². The highest BCUT2D eigenvalue weighted by atomic mass is 15.3. The molecule has 0 saturated heterocycles. The van der Waals surface area contributed by atoms with Crippen LogP contribution in [0.2, 0.25) is 0 Å². The first-order chi connectivity index (χ1) is 11.4. The molecule has 4 nitrogen and oxygen atoms in total. The maximum Gasteiger partial charge on any atom is 0.154 e. The zero-order chi connectivity index (χ0) is 15.5. The summed E-state index contributed by atoms with van der Waals surface area (Å²) in [4.78, 5) is 6.61. The summed E-state index contributed by atoms with van der Waals surface area (Å²) >= 11 is 0. The van der Waals surface area contributed by atoms with Gasteiger partial charge in [-0.15, -0.1) is 0 Å². The molecule has 0 atom stereocenters. The fourth-order valence-electron chi connectivity index (χ4n) is 3.41. The smallest absolute Gasteiger partial charge is 0.154 e. The van der Waals surface area contributed by atoms with Gasteiger partial charge < -0.3 is 10.6 Å². The molecule has 0 radical (unpaired) electrons. The molecule has 0 spiro atoms. The Morgan fingerprint density at radius 2 is 1.91 bits per heavy atom. The first-order valence-corrected chi connectivity index (χ1v) is 8.45. The molecular formula is C19H22N4. The molecule has 3 aliphatic rings. The van der Waals surface area contributed by atoms with Gasteiger partial charge in [-0.3, -0.25) is 4.90 Å². The second-order valence-electron chi connectivity index (χ2n) is 6.21. The second-order valence-corrected chi connectivity index (χ2v) is 6.21. The van der Waals surface area contributed by atoms with Crippen molar-refractivity contribution in [1.82, 2.24) is 15.5 Å². The van der Waals surface area contributed by atoms with E-state index in [1.165, 1.54) is 37.7 Å². The van der Waals surface area contributed by atoms with E-state index < -0.39 is 0 Å². The summed E-state index contributed by atoms with van der Waals surface area (Å²) in [5.74, 6) is 2.03. The predicted octanol–water partition coefficient (Wildman–Crippen LogP) is 3.54. The number of nitrogens with one attached hydrogen (secondary N) is 2. The van der Waals surface area contributed by atoms with Crippen LogP contribution < -0.4 is 10.6 Å². The SMILES string of the molecule is C1=CN2C(=CNC(c3ccccc3)=C2NC2CCCCC2)N=C1. The Bertz CT molecular complexity index is 679. The van der Waals surface area contributed by atoms with E-state index in [-0.39, 0.29) is 0 Å². The van der Waals surface area contributed by atoms with Crippen molar-refractivity contribution in [2.24, 2.45) is 4.99 Å². The topological polar surface area (TPSA) is 39.7 Å². The molecule has 118 valence electrons. The zero-order valence-electron chi connectivity index (χ0n) is 13.2. The normalized spacial score (nSPS) is 20.9. The van der Waals surface area contributed by atoms with Crippen LogP contribution in [0.1, 0.15) is 37.7 Å². The van der Waals surface area contributed by atoms with Crippen LogP contribution in [0.25, 0.3) is 5.70 Å². The summed E-state index contributed by atoms with van der Waals surface area (Å²) < 4.78 is 0. The first-order valence-electron chi connectivity index (χ1n) is 8.45. The second kappa shape index (κ2) is 6.32. The maximum atomic E-state index is 4.46. The quantitative estimate of drug-likeness (QED) is 0.897. The van der Waals surface area contributed by atoms with E-state index in [4.69, 9.17) is 0 Å². The van der Waals surface area contributed by atoms with E-state index >= 15 is 0 Å². The molecular weight excluding hydrogens is 284 g/mol. The Morgan fingerprint density at radius 3 is 2.74 bits per heavy atom. The summed E-state index contributed by atoms with van der Waals surface area (Å²) in [7, 11) is 0. The molecule has 1 aliphatic carbocycles. The molecule has 0 bridgehead atoms. The van der Waals surface area contributed by atoms with Crippen LogP contribution in [-0.2, 0) is 0 Å². The minimum atomic E-state index is 0.540. The summed E-state index contributed by atoms with van der Waals surface area (Å²) in [6.45, 7) is 0. The predicted molar refractivity (Wildman–Crippen MR) is 94.1 cm³/mol. The van der Waals surface area contributed by atoms with Gasteiger partial charge in [0.2, 0.25) is 0 Å². The summed E-state index contributed by atoms with van der Waals surface area (Å²) in [6, 6.07) is 11.0. The van der Waals surface area contributed by atoms with Gasteiger partial charge in [-0.1, -0.05) is 49.6 Å². The number of hydrogen-bond donors (Lipinski definition) is 2. The van der Waals surface area contributed by atoms with Gasteiger partial charge in [0.25, 0.3) is 0 Å². The van der Waals surface area contributed by atoms with Crippen molar-refractivity contribution in [1.29, 1.82) is 0 Å². The molecule has 0 amide bonds. The fraction of sp³-hybridized carbons (Fsp3) is 0.316. The van der Waals surface area contributed by atoms with Crippen molar-refractivity contribution < 1.29 is 0 Å². The number of nitrogens with zero attached hydrogens (tertiary/aromatic N) is 2. The first kappa shape index (κ1) is 14.1. The van der Waals surface area contributed by atoms with Crippen LogP contribution in [0, 0.1) is 0 Å². The van der Waals surface area contributed by atoms with Gasteiger partial charge in [-0.2, -0.15) is 0 Å². The molecule has 2 aliphatic heterocycles. The van der Waals surface area contributed by atoms with Gasteiger partial charge in [0.05, 0.1) is 5.70 Å². The highest BCUT2D eigenvalue weighted by molar-refractivity contribution is 5.76. The van der Waals surface area contributed by atoms with Gasteiger partial charge >= 0.3 is 0 Å². The van der Waals surface area contributed by atoms with Crippen molar-refractivity contribution >= 4 is 11.9 Å². The number of benzene rings is 1. The molecule has 1 saturated carbocycles. The highest BCUT2D eigenvalue weighted by Gasteiger charge is 2.25. The summed E-state index contributed by atoms with van der Waals surface area (Å²) in [6.07, 6.45) is 14.3. The lowest BCUT2D eigenvalue weighted by molar-refractivity contribution is 0.361. The van der Waals surface area contributed by atoms with Crippen LogP contribution in [-0.4, -0.2) is 17.2 Å². The molecule has 4 heteroatoms. The Labute approximate surface area is 137 Å². The lowest BCUT2D eigenvalue weighted by Gasteiger charge is -2.35. The summed E-state index contributed by atoms with van der Waals surface area (Å²) in [5.41, 5.74) is 2.30. The van der Waals surface area contributed by atoms with Crippen molar-refractivity contribution in [3.63, 3.8) is 0 Å². The Morgan fingerprint density at radius 1 is 1.09 bits per heavy atom. The molecule has 0 aromatic heterocycles. The Hall–Kier alpha value is -2.49. The minimum absolute atomic E-state index is 0.540. The molecule has 0 unspecified atom stereocenters. The van der Waals surface area contributed by atoms with Crippen molar-refractivity contribution in [3.05, 3.63) is 66.0 Å². The average molecular weight is 306 g/mol. The van der Waals surface area contributed by atoms with E-state index in [0.29, 0.717) is 6.04 Å². The van der Waals surface area contributed by atoms with E-state index in [2.05, 4.69) is 51.0 Å². The molecule has 1 aromatic carbocycles. The van der Waals surface area contributed by atoms with Crippen LogP contribution in [0.3, 0.4) is 0 Å². The molecule has 2 heterocycles. The Kier molecular flexibility index (Phi) is 3.88. The average Bonchev–Trinajstić information content (AvgIpc) is 2.64. The lowest BCUT2D eigenvalue weighted by Crippen LogP contribution is -2.40. The van der Waals surface area contributed by atoms with Crippen molar-refractivity contribution in [3.8, 4) is 0 Å². The molecule has 23 heavy (non-hydrogen) atoms. The highest BCUT2D eigenvalue weighted by Crippen LogP contribution is 2.29. The molecule has 1 aromatic rings. The van der Waals surface area contributed by atoms with Crippen molar-refractivity contribution in [2.75, 3.05) is 0 Å². The molecule has 2 N–H and O–H groups in total. The molecule has 1 fully saturated rings. The molecule has 4 rings (SSSR count). The third-order valence-corrected chi connectivity index (χ3v) is 4.61. The van der Waals surface area contributed by atoms with Gasteiger partial charge in [-0.05, 0) is 18.9 Å². The van der Waals surface area contributed by atoms with Gasteiger partial charge in [0.15, 0.2) is 5.82 Å². The largest absolute Gasteiger partial charge is 0.367 e. The zero-order valence-corrected chi connectivity index (χ0v) is 13.2. The Balaban J connectivity index is 1.70. The number of rotatable bonds is 3. The van der Waals surface area contributed by atoms with Gasteiger partial charge in [0, 0.05) is 30.2 Å². The third kappa shape index (κ3) is 2.89. The number of hydrogen-bond acceptors (Lipinski definition) is 4. The van der Waals surface area contributed by atoms with Crippen LogP contribution in [0.15, 0.2) is 65.4 Å².